The molecule has 96 valence electrons. The van der Waals surface area contributed by atoms with Crippen molar-refractivity contribution < 1.29 is 5.11 Å². The zero-order valence-corrected chi connectivity index (χ0v) is 11.0. The molecule has 1 nitrogen and oxygen atoms in total. The van der Waals surface area contributed by atoms with Crippen LogP contribution in [0, 0.1) is 0 Å². The number of aryl methyl sites for hydroxylation is 1. The number of benzene rings is 2. The van der Waals surface area contributed by atoms with Crippen molar-refractivity contribution in [3.63, 3.8) is 0 Å². The fourth-order valence-corrected chi connectivity index (χ4v) is 3.76. The van der Waals surface area contributed by atoms with Gasteiger partial charge in [0, 0.05) is 0 Å². The lowest BCUT2D eigenvalue weighted by molar-refractivity contribution is 0.180. The minimum atomic E-state index is -0.258. The molecule has 2 aliphatic carbocycles. The van der Waals surface area contributed by atoms with Crippen molar-refractivity contribution in [1.29, 1.82) is 0 Å². The molecule has 2 aliphatic rings. The maximum atomic E-state index is 10.0. The SMILES string of the molecule is O[C@H]1CCc2c(-c3cccc4c3CCC4)cccc21. The van der Waals surface area contributed by atoms with Crippen LogP contribution in [0.2, 0.25) is 0 Å². The molecule has 2 aromatic carbocycles. The van der Waals surface area contributed by atoms with E-state index >= 15 is 0 Å². The van der Waals surface area contributed by atoms with E-state index in [-0.39, 0.29) is 6.10 Å². The van der Waals surface area contributed by atoms with E-state index in [4.69, 9.17) is 0 Å². The summed E-state index contributed by atoms with van der Waals surface area (Å²) in [5.74, 6) is 0. The number of hydrogen-bond acceptors (Lipinski definition) is 1. The van der Waals surface area contributed by atoms with Crippen LogP contribution in [-0.4, -0.2) is 5.11 Å². The average Bonchev–Trinajstić information content (AvgIpc) is 3.05. The number of rotatable bonds is 1. The van der Waals surface area contributed by atoms with E-state index in [0.717, 1.165) is 18.4 Å². The van der Waals surface area contributed by atoms with Crippen LogP contribution in [0.1, 0.15) is 41.2 Å². The van der Waals surface area contributed by atoms with Gasteiger partial charge in [-0.15, -0.1) is 0 Å². The van der Waals surface area contributed by atoms with Gasteiger partial charge < -0.3 is 5.11 Å². The Kier molecular flexibility index (Phi) is 2.49. The molecule has 0 unspecified atom stereocenters. The van der Waals surface area contributed by atoms with Crippen molar-refractivity contribution in [3.05, 3.63) is 58.7 Å². The summed E-state index contributed by atoms with van der Waals surface area (Å²) < 4.78 is 0. The quantitative estimate of drug-likeness (QED) is 0.815. The fourth-order valence-electron chi connectivity index (χ4n) is 3.76. The first kappa shape index (κ1) is 11.2. The molecule has 0 bridgehead atoms. The minimum Gasteiger partial charge on any atom is -0.388 e. The zero-order chi connectivity index (χ0) is 12.8. The Morgan fingerprint density at radius 3 is 2.53 bits per heavy atom. The molecule has 4 rings (SSSR count). The lowest BCUT2D eigenvalue weighted by Crippen LogP contribution is -1.94. The lowest BCUT2D eigenvalue weighted by Gasteiger charge is -2.13. The summed E-state index contributed by atoms with van der Waals surface area (Å²) in [6.07, 6.45) is 5.34. The molecule has 0 aliphatic heterocycles. The Morgan fingerprint density at radius 1 is 0.842 bits per heavy atom. The summed E-state index contributed by atoms with van der Waals surface area (Å²) in [5.41, 5.74) is 8.34. The predicted molar refractivity (Wildman–Crippen MR) is 77.2 cm³/mol. The van der Waals surface area contributed by atoms with Crippen molar-refractivity contribution in [3.8, 4) is 11.1 Å². The Hall–Kier alpha value is -1.60. The third-order valence-electron chi connectivity index (χ3n) is 4.68. The maximum absolute atomic E-state index is 10.0. The monoisotopic (exact) mass is 250 g/mol. The third kappa shape index (κ3) is 1.65. The highest BCUT2D eigenvalue weighted by Crippen LogP contribution is 2.40. The van der Waals surface area contributed by atoms with Gasteiger partial charge in [-0.2, -0.15) is 0 Å². The number of fused-ring (bicyclic) bond motifs is 2. The summed E-state index contributed by atoms with van der Waals surface area (Å²) in [4.78, 5) is 0. The van der Waals surface area contributed by atoms with E-state index in [1.54, 1.807) is 0 Å². The second kappa shape index (κ2) is 4.21. The molecule has 1 N–H and O–H groups in total. The molecule has 1 atom stereocenters. The van der Waals surface area contributed by atoms with Gasteiger partial charge in [0.25, 0.3) is 0 Å². The van der Waals surface area contributed by atoms with Gasteiger partial charge in [0.05, 0.1) is 6.10 Å². The summed E-state index contributed by atoms with van der Waals surface area (Å²) in [7, 11) is 0. The van der Waals surface area contributed by atoms with Gasteiger partial charge in [0.15, 0.2) is 0 Å². The maximum Gasteiger partial charge on any atom is 0.0796 e. The van der Waals surface area contributed by atoms with Gasteiger partial charge in [-0.25, -0.2) is 0 Å². The molecule has 0 radical (unpaired) electrons. The van der Waals surface area contributed by atoms with Crippen molar-refractivity contribution in [1.82, 2.24) is 0 Å². The molecule has 0 aromatic heterocycles. The second-order valence-electron chi connectivity index (χ2n) is 5.72. The standard InChI is InChI=1S/C18H18O/c19-18-11-10-16-15(8-3-9-17(16)18)14-7-2-5-12-4-1-6-13(12)14/h2-3,5,7-9,18-19H,1,4,6,10-11H2/t18-/m0/s1. The first-order valence-electron chi connectivity index (χ1n) is 7.25. The van der Waals surface area contributed by atoms with E-state index in [9.17, 15) is 5.11 Å². The number of aliphatic hydroxyl groups is 1. The Balaban J connectivity index is 1.93. The lowest BCUT2D eigenvalue weighted by atomic mass is 9.92. The summed E-state index contributed by atoms with van der Waals surface area (Å²) in [5, 5.41) is 10.0. The molecule has 19 heavy (non-hydrogen) atoms. The molecule has 0 heterocycles. The van der Waals surface area contributed by atoms with Crippen LogP contribution in [0.25, 0.3) is 11.1 Å². The smallest absolute Gasteiger partial charge is 0.0796 e. The van der Waals surface area contributed by atoms with Gasteiger partial charge in [-0.05, 0) is 65.5 Å². The van der Waals surface area contributed by atoms with Crippen LogP contribution in [0.4, 0.5) is 0 Å². The molecule has 0 spiro atoms. The Labute approximate surface area is 113 Å². The molecule has 2 aromatic rings. The van der Waals surface area contributed by atoms with Crippen LogP contribution in [0.3, 0.4) is 0 Å². The van der Waals surface area contributed by atoms with Crippen LogP contribution >= 0.6 is 0 Å². The normalized spacial score (nSPS) is 20.4. The molecule has 0 fully saturated rings. The third-order valence-corrected chi connectivity index (χ3v) is 4.68. The number of aliphatic hydroxyl groups excluding tert-OH is 1. The molecule has 0 amide bonds. The van der Waals surface area contributed by atoms with Crippen LogP contribution < -0.4 is 0 Å². The molecular formula is C18H18O. The van der Waals surface area contributed by atoms with Gasteiger partial charge in [0.1, 0.15) is 0 Å². The molecule has 0 saturated heterocycles. The summed E-state index contributed by atoms with van der Waals surface area (Å²) in [6, 6.07) is 13.1. The van der Waals surface area contributed by atoms with Crippen LogP contribution in [0.5, 0.6) is 0 Å². The van der Waals surface area contributed by atoms with E-state index in [0.29, 0.717) is 0 Å². The van der Waals surface area contributed by atoms with Gasteiger partial charge >= 0.3 is 0 Å². The predicted octanol–water partition coefficient (Wildman–Crippen LogP) is 3.82. The summed E-state index contributed by atoms with van der Waals surface area (Å²) in [6.45, 7) is 0. The van der Waals surface area contributed by atoms with E-state index in [1.165, 1.54) is 47.1 Å². The highest BCUT2D eigenvalue weighted by molar-refractivity contribution is 5.74. The van der Waals surface area contributed by atoms with Crippen molar-refractivity contribution >= 4 is 0 Å². The zero-order valence-electron chi connectivity index (χ0n) is 11.0. The topological polar surface area (TPSA) is 20.2 Å². The van der Waals surface area contributed by atoms with Crippen molar-refractivity contribution in [2.75, 3.05) is 0 Å². The summed E-state index contributed by atoms with van der Waals surface area (Å²) >= 11 is 0. The first-order chi connectivity index (χ1) is 9.34. The van der Waals surface area contributed by atoms with Crippen LogP contribution in [-0.2, 0) is 19.3 Å². The van der Waals surface area contributed by atoms with Crippen molar-refractivity contribution in [2.45, 2.75) is 38.2 Å². The first-order valence-corrected chi connectivity index (χ1v) is 7.25. The Bertz CT molecular complexity index is 642. The van der Waals surface area contributed by atoms with E-state index in [2.05, 4.69) is 36.4 Å². The molecule has 0 saturated carbocycles. The molecule has 1 heteroatoms. The van der Waals surface area contributed by atoms with Gasteiger partial charge in [-0.3, -0.25) is 0 Å². The van der Waals surface area contributed by atoms with Gasteiger partial charge in [0.2, 0.25) is 0 Å². The average molecular weight is 250 g/mol. The van der Waals surface area contributed by atoms with Crippen LogP contribution in [0.15, 0.2) is 36.4 Å². The number of hydrogen-bond donors (Lipinski definition) is 1. The van der Waals surface area contributed by atoms with E-state index < -0.39 is 0 Å². The van der Waals surface area contributed by atoms with Gasteiger partial charge in [-0.1, -0.05) is 36.4 Å². The minimum absolute atomic E-state index is 0.258. The van der Waals surface area contributed by atoms with Crippen molar-refractivity contribution in [2.24, 2.45) is 0 Å². The fraction of sp³-hybridized carbons (Fsp3) is 0.333. The molecular weight excluding hydrogens is 232 g/mol. The van der Waals surface area contributed by atoms with E-state index in [1.807, 2.05) is 0 Å². The second-order valence-corrected chi connectivity index (χ2v) is 5.72. The largest absolute Gasteiger partial charge is 0.388 e. The Morgan fingerprint density at radius 2 is 1.63 bits per heavy atom. The highest BCUT2D eigenvalue weighted by Gasteiger charge is 2.24. The highest BCUT2D eigenvalue weighted by atomic mass is 16.3.